The fourth-order valence-electron chi connectivity index (χ4n) is 3.03. The summed E-state index contributed by atoms with van der Waals surface area (Å²) >= 11 is 1.44. The molecule has 3 aromatic heterocycles. The van der Waals surface area contributed by atoms with Crippen molar-refractivity contribution in [3.63, 3.8) is 0 Å². The second kappa shape index (κ2) is 7.76. The Morgan fingerprint density at radius 3 is 2.76 bits per heavy atom. The maximum absolute atomic E-state index is 11.5. The number of pyridine rings is 1. The number of hydrogen-bond acceptors (Lipinski definition) is 5. The van der Waals surface area contributed by atoms with Crippen LogP contribution in [0.2, 0.25) is 0 Å². The van der Waals surface area contributed by atoms with Gasteiger partial charge in [-0.3, -0.25) is 14.0 Å². The Morgan fingerprint density at radius 1 is 1.10 bits per heavy atom. The van der Waals surface area contributed by atoms with Gasteiger partial charge in [0.05, 0.1) is 28.1 Å². The third-order valence-electron chi connectivity index (χ3n) is 4.38. The number of aromatic nitrogens is 2. The van der Waals surface area contributed by atoms with Crippen molar-refractivity contribution in [2.75, 3.05) is 0 Å². The molecule has 4 aromatic rings. The second-order valence-corrected chi connectivity index (χ2v) is 7.60. The van der Waals surface area contributed by atoms with Crippen LogP contribution in [0.1, 0.15) is 20.8 Å². The third kappa shape index (κ3) is 3.97. The first-order valence-corrected chi connectivity index (χ1v) is 9.68. The van der Waals surface area contributed by atoms with Gasteiger partial charge in [-0.15, -0.1) is 11.3 Å². The van der Waals surface area contributed by atoms with Crippen LogP contribution in [0.25, 0.3) is 16.2 Å². The summed E-state index contributed by atoms with van der Waals surface area (Å²) in [6.45, 7) is 0.232. The normalized spacial score (nSPS) is 10.9. The quantitative estimate of drug-likeness (QED) is 0.491. The SMILES string of the molecule is NC(=O)Cc1sc(-c2cnc3ccccn23)cc1OCc1cccc(C(N)=O)c1. The van der Waals surface area contributed by atoms with E-state index in [1.807, 2.05) is 40.9 Å². The van der Waals surface area contributed by atoms with Crippen LogP contribution >= 0.6 is 11.3 Å². The molecule has 0 unspecified atom stereocenters. The van der Waals surface area contributed by atoms with Gasteiger partial charge in [0.1, 0.15) is 18.0 Å². The van der Waals surface area contributed by atoms with Gasteiger partial charge in [0, 0.05) is 17.8 Å². The van der Waals surface area contributed by atoms with Crippen molar-refractivity contribution in [2.45, 2.75) is 13.0 Å². The lowest BCUT2D eigenvalue weighted by Crippen LogP contribution is -2.13. The summed E-state index contributed by atoms with van der Waals surface area (Å²) in [7, 11) is 0. The molecule has 8 heteroatoms. The Labute approximate surface area is 170 Å². The minimum atomic E-state index is -0.494. The molecule has 0 fully saturated rings. The molecular formula is C21H18N4O3S. The molecule has 0 spiro atoms. The van der Waals surface area contributed by atoms with Crippen LogP contribution in [-0.2, 0) is 17.8 Å². The van der Waals surface area contributed by atoms with Crippen LogP contribution in [0.4, 0.5) is 0 Å². The van der Waals surface area contributed by atoms with E-state index in [4.69, 9.17) is 16.2 Å². The number of ether oxygens (including phenoxy) is 1. The topological polar surface area (TPSA) is 113 Å². The molecule has 0 aliphatic heterocycles. The standard InChI is InChI=1S/C21H18N4O3S/c22-19(26)10-18-16(28-12-13-4-3-5-14(8-13)21(23)27)9-17(29-18)15-11-24-20-6-1-2-7-25(15)20/h1-9,11H,10,12H2,(H2,22,26)(H2,23,27). The number of primary amides is 2. The molecule has 4 N–H and O–H groups in total. The molecule has 2 amide bonds. The summed E-state index contributed by atoms with van der Waals surface area (Å²) in [5.41, 5.74) is 13.7. The number of carbonyl (C=O) groups excluding carboxylic acids is 2. The van der Waals surface area contributed by atoms with Gasteiger partial charge >= 0.3 is 0 Å². The van der Waals surface area contributed by atoms with Crippen molar-refractivity contribution in [1.29, 1.82) is 0 Å². The first-order valence-electron chi connectivity index (χ1n) is 8.86. The Balaban J connectivity index is 1.64. The average Bonchev–Trinajstić information content (AvgIpc) is 3.30. The van der Waals surface area contributed by atoms with E-state index in [0.29, 0.717) is 11.3 Å². The van der Waals surface area contributed by atoms with Crippen molar-refractivity contribution in [3.05, 3.63) is 76.9 Å². The van der Waals surface area contributed by atoms with Gasteiger partial charge in [-0.25, -0.2) is 4.98 Å². The molecule has 7 nitrogen and oxygen atoms in total. The summed E-state index contributed by atoms with van der Waals surface area (Å²) in [4.78, 5) is 29.0. The van der Waals surface area contributed by atoms with Gasteiger partial charge in [0.2, 0.25) is 11.8 Å². The number of fused-ring (bicyclic) bond motifs is 1. The van der Waals surface area contributed by atoms with E-state index in [1.165, 1.54) is 11.3 Å². The molecular weight excluding hydrogens is 388 g/mol. The van der Waals surface area contributed by atoms with E-state index >= 15 is 0 Å². The van der Waals surface area contributed by atoms with Crippen molar-refractivity contribution in [2.24, 2.45) is 11.5 Å². The zero-order valence-electron chi connectivity index (χ0n) is 15.4. The van der Waals surface area contributed by atoms with Crippen LogP contribution in [0.3, 0.4) is 0 Å². The number of rotatable bonds is 7. The summed E-state index contributed by atoms with van der Waals surface area (Å²) in [6.07, 6.45) is 3.80. The van der Waals surface area contributed by atoms with E-state index in [-0.39, 0.29) is 13.0 Å². The van der Waals surface area contributed by atoms with Crippen LogP contribution in [0.5, 0.6) is 5.75 Å². The number of imidazole rings is 1. The van der Waals surface area contributed by atoms with Gasteiger partial charge in [0.25, 0.3) is 0 Å². The van der Waals surface area contributed by atoms with Crippen molar-refractivity contribution in [3.8, 4) is 16.3 Å². The highest BCUT2D eigenvalue weighted by molar-refractivity contribution is 7.15. The van der Waals surface area contributed by atoms with Crippen molar-refractivity contribution >= 4 is 28.8 Å². The molecule has 0 aliphatic rings. The monoisotopic (exact) mass is 406 g/mol. The predicted octanol–water partition coefficient (Wildman–Crippen LogP) is 2.77. The molecule has 0 aliphatic carbocycles. The highest BCUT2D eigenvalue weighted by Gasteiger charge is 2.16. The zero-order valence-corrected chi connectivity index (χ0v) is 16.2. The Morgan fingerprint density at radius 2 is 1.97 bits per heavy atom. The first kappa shape index (κ1) is 18.7. The smallest absolute Gasteiger partial charge is 0.248 e. The number of thiophene rings is 1. The summed E-state index contributed by atoms with van der Waals surface area (Å²) in [5.74, 6) is -0.344. The molecule has 0 atom stereocenters. The Bertz CT molecular complexity index is 1210. The number of hydrogen-bond donors (Lipinski definition) is 2. The van der Waals surface area contributed by atoms with Crippen LogP contribution in [-0.4, -0.2) is 21.2 Å². The van der Waals surface area contributed by atoms with E-state index in [9.17, 15) is 9.59 Å². The van der Waals surface area contributed by atoms with Crippen molar-refractivity contribution in [1.82, 2.24) is 9.38 Å². The van der Waals surface area contributed by atoms with Gasteiger partial charge in [-0.05, 0) is 29.8 Å². The van der Waals surface area contributed by atoms with Crippen LogP contribution in [0.15, 0.2) is 60.9 Å². The molecule has 146 valence electrons. The van der Waals surface area contributed by atoms with Gasteiger partial charge in [-0.2, -0.15) is 0 Å². The number of amides is 2. The highest BCUT2D eigenvalue weighted by atomic mass is 32.1. The number of carbonyl (C=O) groups is 2. The third-order valence-corrected chi connectivity index (χ3v) is 5.52. The minimum Gasteiger partial charge on any atom is -0.488 e. The maximum atomic E-state index is 11.5. The van der Waals surface area contributed by atoms with Crippen LogP contribution in [0, 0.1) is 0 Å². The molecule has 1 aromatic carbocycles. The zero-order chi connectivity index (χ0) is 20.4. The molecule has 0 saturated carbocycles. The Kier molecular flexibility index (Phi) is 5.01. The molecule has 3 heterocycles. The summed E-state index contributed by atoms with van der Waals surface area (Å²) in [6, 6.07) is 14.6. The fraction of sp³-hybridized carbons (Fsp3) is 0.0952. The summed E-state index contributed by atoms with van der Waals surface area (Å²) < 4.78 is 7.94. The van der Waals surface area contributed by atoms with Crippen LogP contribution < -0.4 is 16.2 Å². The molecule has 0 saturated heterocycles. The minimum absolute atomic E-state index is 0.0814. The predicted molar refractivity (Wildman–Crippen MR) is 111 cm³/mol. The Hall–Kier alpha value is -3.65. The highest BCUT2D eigenvalue weighted by Crippen LogP contribution is 2.37. The number of nitrogens with zero attached hydrogens (tertiary/aromatic N) is 2. The van der Waals surface area contributed by atoms with E-state index in [1.54, 1.807) is 24.4 Å². The molecule has 4 rings (SSSR count). The van der Waals surface area contributed by atoms with Gasteiger partial charge < -0.3 is 16.2 Å². The van der Waals surface area contributed by atoms with E-state index < -0.39 is 11.8 Å². The second-order valence-electron chi connectivity index (χ2n) is 6.47. The lowest BCUT2D eigenvalue weighted by atomic mass is 10.1. The maximum Gasteiger partial charge on any atom is 0.248 e. The lowest BCUT2D eigenvalue weighted by Gasteiger charge is -2.07. The number of benzene rings is 1. The van der Waals surface area contributed by atoms with Gasteiger partial charge in [-0.1, -0.05) is 18.2 Å². The van der Waals surface area contributed by atoms with Gasteiger partial charge in [0.15, 0.2) is 0 Å². The fourth-order valence-corrected chi connectivity index (χ4v) is 4.15. The lowest BCUT2D eigenvalue weighted by molar-refractivity contribution is -0.117. The first-order chi connectivity index (χ1) is 14.0. The largest absolute Gasteiger partial charge is 0.488 e. The van der Waals surface area contributed by atoms with Crippen molar-refractivity contribution < 1.29 is 14.3 Å². The molecule has 0 radical (unpaired) electrons. The number of nitrogens with two attached hydrogens (primary N) is 2. The molecule has 29 heavy (non-hydrogen) atoms. The average molecular weight is 406 g/mol. The summed E-state index contributed by atoms with van der Waals surface area (Å²) in [5, 5.41) is 0. The van der Waals surface area contributed by atoms with E-state index in [2.05, 4.69) is 4.98 Å². The van der Waals surface area contributed by atoms with E-state index in [0.717, 1.165) is 26.7 Å². The molecule has 0 bridgehead atoms.